The van der Waals surface area contributed by atoms with Gasteiger partial charge in [0.05, 0.1) is 17.8 Å². The zero-order valence-corrected chi connectivity index (χ0v) is 15.3. The van der Waals surface area contributed by atoms with E-state index in [0.717, 1.165) is 27.8 Å². The number of nitrogens with two attached hydrogens (primary N) is 2. The van der Waals surface area contributed by atoms with Crippen molar-refractivity contribution in [1.29, 1.82) is 0 Å². The highest BCUT2D eigenvalue weighted by molar-refractivity contribution is 7.20. The molecule has 3 amide bonds. The van der Waals surface area contributed by atoms with E-state index in [2.05, 4.69) is 10.4 Å². The number of primary amides is 2. The van der Waals surface area contributed by atoms with Crippen LogP contribution in [0, 0.1) is 11.6 Å². The Kier molecular flexibility index (Phi) is 4.34. The third-order valence-corrected chi connectivity index (χ3v) is 5.71. The minimum atomic E-state index is -0.788. The summed E-state index contributed by atoms with van der Waals surface area (Å²) in [5.41, 5.74) is 13.6. The Labute approximate surface area is 161 Å². The Balaban J connectivity index is 1.74. The molecule has 1 aliphatic rings. The molecule has 1 aliphatic carbocycles. The van der Waals surface area contributed by atoms with E-state index in [1.165, 1.54) is 23.5 Å². The average molecular weight is 403 g/mol. The summed E-state index contributed by atoms with van der Waals surface area (Å²) in [6.45, 7) is 0.134. The Bertz CT molecular complexity index is 1120. The number of nitrogens with zero attached hydrogens (tertiary/aromatic N) is 2. The molecular weight excluding hydrogens is 388 g/mol. The lowest BCUT2D eigenvalue weighted by Crippen LogP contribution is -2.22. The highest BCUT2D eigenvalue weighted by Crippen LogP contribution is 2.44. The molecule has 0 unspecified atom stereocenters. The quantitative estimate of drug-likeness (QED) is 0.622. The van der Waals surface area contributed by atoms with Crippen LogP contribution in [0.25, 0.3) is 10.4 Å². The molecule has 144 valence electrons. The number of carbonyl (C=O) groups excluding carboxylic acids is 2. The van der Waals surface area contributed by atoms with Gasteiger partial charge in [0.1, 0.15) is 16.6 Å². The Morgan fingerprint density at radius 3 is 2.71 bits per heavy atom. The van der Waals surface area contributed by atoms with Crippen LogP contribution in [0.5, 0.6) is 0 Å². The lowest BCUT2D eigenvalue weighted by Gasteiger charge is -2.11. The first-order valence-corrected chi connectivity index (χ1v) is 9.17. The SMILES string of the molecule is NC(=O)Nc1sc2c(c1C(N)=O)CCc1nn(Cc3ccc(F)cc3F)cc1-2. The van der Waals surface area contributed by atoms with Gasteiger partial charge in [0.15, 0.2) is 0 Å². The van der Waals surface area contributed by atoms with E-state index in [9.17, 15) is 18.4 Å². The van der Waals surface area contributed by atoms with Gasteiger partial charge in [-0.2, -0.15) is 5.10 Å². The summed E-state index contributed by atoms with van der Waals surface area (Å²) >= 11 is 1.20. The van der Waals surface area contributed by atoms with Crippen LogP contribution >= 0.6 is 11.3 Å². The van der Waals surface area contributed by atoms with Gasteiger partial charge >= 0.3 is 6.03 Å². The van der Waals surface area contributed by atoms with Gasteiger partial charge in [-0.15, -0.1) is 11.3 Å². The topological polar surface area (TPSA) is 116 Å². The van der Waals surface area contributed by atoms with Crippen LogP contribution in [0.1, 0.15) is 27.2 Å². The van der Waals surface area contributed by atoms with Gasteiger partial charge in [0, 0.05) is 28.3 Å². The van der Waals surface area contributed by atoms with Crippen molar-refractivity contribution in [3.05, 3.63) is 58.4 Å². The molecule has 0 radical (unpaired) electrons. The van der Waals surface area contributed by atoms with Crippen molar-refractivity contribution in [3.8, 4) is 10.4 Å². The van der Waals surface area contributed by atoms with Gasteiger partial charge in [-0.25, -0.2) is 13.6 Å². The number of urea groups is 1. The number of anilines is 1. The first-order chi connectivity index (χ1) is 13.3. The van der Waals surface area contributed by atoms with Crippen LogP contribution in [0.15, 0.2) is 24.4 Å². The van der Waals surface area contributed by atoms with E-state index >= 15 is 0 Å². The number of aromatic nitrogens is 2. The summed E-state index contributed by atoms with van der Waals surface area (Å²) in [5.74, 6) is -1.93. The minimum absolute atomic E-state index is 0.134. The summed E-state index contributed by atoms with van der Waals surface area (Å²) in [5, 5.41) is 7.24. The standard InChI is InChI=1S/C18H15F2N5O2S/c19-9-2-1-8(12(20)5-9)6-25-7-11-13(24-25)4-3-10-14(16(21)26)17(23-18(22)27)28-15(10)11/h1-2,5,7H,3-4,6H2,(H2,21,26)(H3,22,23,27). The fourth-order valence-corrected chi connectivity index (χ4v) is 4.66. The van der Waals surface area contributed by atoms with Gasteiger partial charge in [-0.05, 0) is 24.5 Å². The first kappa shape index (κ1) is 18.1. The van der Waals surface area contributed by atoms with Crippen LogP contribution in [0.4, 0.5) is 18.6 Å². The molecular formula is C18H15F2N5O2S. The fourth-order valence-electron chi connectivity index (χ4n) is 3.37. The summed E-state index contributed by atoms with van der Waals surface area (Å²) in [6.07, 6.45) is 2.83. The van der Waals surface area contributed by atoms with E-state index in [1.807, 2.05) is 0 Å². The van der Waals surface area contributed by atoms with E-state index in [0.29, 0.717) is 23.4 Å². The molecule has 2 aromatic heterocycles. The molecule has 28 heavy (non-hydrogen) atoms. The summed E-state index contributed by atoms with van der Waals surface area (Å²) in [6, 6.07) is 2.61. The molecule has 0 spiro atoms. The molecule has 0 atom stereocenters. The van der Waals surface area contributed by atoms with E-state index in [-0.39, 0.29) is 12.1 Å². The molecule has 0 fully saturated rings. The first-order valence-electron chi connectivity index (χ1n) is 8.36. The monoisotopic (exact) mass is 403 g/mol. The van der Waals surface area contributed by atoms with Crippen LogP contribution in [0.2, 0.25) is 0 Å². The number of aryl methyl sites for hydroxylation is 1. The van der Waals surface area contributed by atoms with Crippen LogP contribution in [-0.2, 0) is 19.4 Å². The number of benzene rings is 1. The van der Waals surface area contributed by atoms with Gasteiger partial charge in [0.2, 0.25) is 0 Å². The third kappa shape index (κ3) is 3.11. The normalized spacial score (nSPS) is 12.4. The van der Waals surface area contributed by atoms with Crippen LogP contribution < -0.4 is 16.8 Å². The minimum Gasteiger partial charge on any atom is -0.365 e. The fraction of sp³-hybridized carbons (Fsp3) is 0.167. The van der Waals surface area contributed by atoms with Gasteiger partial charge in [-0.1, -0.05) is 6.07 Å². The number of nitrogens with one attached hydrogen (secondary N) is 1. The van der Waals surface area contributed by atoms with Crippen molar-refractivity contribution in [2.24, 2.45) is 11.5 Å². The van der Waals surface area contributed by atoms with Crippen LogP contribution in [-0.4, -0.2) is 21.7 Å². The largest absolute Gasteiger partial charge is 0.365 e. The number of rotatable bonds is 4. The zero-order chi connectivity index (χ0) is 20.0. The highest BCUT2D eigenvalue weighted by atomic mass is 32.1. The second-order valence-electron chi connectivity index (χ2n) is 6.39. The lowest BCUT2D eigenvalue weighted by molar-refractivity contribution is 0.100. The molecule has 1 aromatic carbocycles. The maximum absolute atomic E-state index is 13.9. The predicted octanol–water partition coefficient (Wildman–Crippen LogP) is 2.63. The smallest absolute Gasteiger partial charge is 0.317 e. The number of fused-ring (bicyclic) bond motifs is 3. The van der Waals surface area contributed by atoms with Crippen molar-refractivity contribution in [3.63, 3.8) is 0 Å². The lowest BCUT2D eigenvalue weighted by atomic mass is 9.94. The van der Waals surface area contributed by atoms with Gasteiger partial charge in [-0.3, -0.25) is 14.8 Å². The maximum Gasteiger partial charge on any atom is 0.317 e. The molecule has 10 heteroatoms. The van der Waals surface area contributed by atoms with Crippen molar-refractivity contribution >= 4 is 28.3 Å². The molecule has 3 aromatic rings. The number of hydrogen-bond acceptors (Lipinski definition) is 4. The summed E-state index contributed by atoms with van der Waals surface area (Å²) in [7, 11) is 0. The van der Waals surface area contributed by atoms with Crippen molar-refractivity contribution < 1.29 is 18.4 Å². The van der Waals surface area contributed by atoms with Crippen LogP contribution in [0.3, 0.4) is 0 Å². The summed E-state index contributed by atoms with van der Waals surface area (Å²) in [4.78, 5) is 23.9. The summed E-state index contributed by atoms with van der Waals surface area (Å²) < 4.78 is 28.6. The molecule has 0 saturated carbocycles. The predicted molar refractivity (Wildman–Crippen MR) is 100 cm³/mol. The Morgan fingerprint density at radius 1 is 1.25 bits per heavy atom. The molecule has 2 heterocycles. The van der Waals surface area contributed by atoms with E-state index in [4.69, 9.17) is 11.5 Å². The van der Waals surface area contributed by atoms with E-state index in [1.54, 1.807) is 10.9 Å². The van der Waals surface area contributed by atoms with E-state index < -0.39 is 23.6 Å². The number of carbonyl (C=O) groups is 2. The molecule has 0 saturated heterocycles. The maximum atomic E-state index is 13.9. The highest BCUT2D eigenvalue weighted by Gasteiger charge is 2.29. The molecule has 0 aliphatic heterocycles. The number of thiophene rings is 1. The molecule has 0 bridgehead atoms. The number of halogens is 2. The molecule has 5 N–H and O–H groups in total. The average Bonchev–Trinajstić information content (AvgIpc) is 3.16. The van der Waals surface area contributed by atoms with Gasteiger partial charge in [0.25, 0.3) is 5.91 Å². The Hall–Kier alpha value is -3.27. The van der Waals surface area contributed by atoms with Crippen molar-refractivity contribution in [2.45, 2.75) is 19.4 Å². The third-order valence-electron chi connectivity index (χ3n) is 4.53. The number of amides is 3. The second-order valence-corrected chi connectivity index (χ2v) is 7.41. The zero-order valence-electron chi connectivity index (χ0n) is 14.5. The number of hydrogen-bond donors (Lipinski definition) is 3. The van der Waals surface area contributed by atoms with Crippen molar-refractivity contribution in [1.82, 2.24) is 9.78 Å². The molecule has 4 rings (SSSR count). The van der Waals surface area contributed by atoms with Gasteiger partial charge < -0.3 is 11.5 Å². The second kappa shape index (κ2) is 6.71. The molecule has 7 nitrogen and oxygen atoms in total. The van der Waals surface area contributed by atoms with Crippen molar-refractivity contribution in [2.75, 3.05) is 5.32 Å². The Morgan fingerprint density at radius 2 is 2.04 bits per heavy atom.